The topological polar surface area (TPSA) is 44.8 Å². The smallest absolute Gasteiger partial charge is 0.249 e. The van der Waals surface area contributed by atoms with E-state index < -0.39 is 37.6 Å². The highest BCUT2D eigenvalue weighted by molar-refractivity contribution is 7.49. The summed E-state index contributed by atoms with van der Waals surface area (Å²) >= 11 is 37.3. The zero-order chi connectivity index (χ0) is 21.6. The monoisotopic (exact) mass is 512 g/mol. The van der Waals surface area contributed by atoms with E-state index in [1.54, 1.807) is 62.3 Å². The first-order valence-electron chi connectivity index (χ1n) is 7.73. The molecule has 158 valence electrons. The largest absolute Gasteiger partial charge is 0.482 e. The van der Waals surface area contributed by atoms with Crippen LogP contribution in [0.3, 0.4) is 0 Å². The Morgan fingerprint density at radius 2 is 0.654 bits per heavy atom. The highest BCUT2D eigenvalue weighted by Crippen LogP contribution is 2.67. The summed E-state index contributed by atoms with van der Waals surface area (Å²) in [5.41, 5.74) is -2.65. The molecule has 0 unspecified atom stereocenters. The van der Waals surface area contributed by atoms with Crippen molar-refractivity contribution in [1.82, 2.24) is 0 Å². The lowest BCUT2D eigenvalue weighted by Crippen LogP contribution is -2.40. The molecule has 0 rings (SSSR count). The van der Waals surface area contributed by atoms with Gasteiger partial charge in [-0.3, -0.25) is 0 Å². The number of rotatable bonds is 6. The first-order valence-corrected chi connectivity index (χ1v) is 11.5. The van der Waals surface area contributed by atoms with Gasteiger partial charge in [-0.15, -0.1) is 0 Å². The summed E-state index contributed by atoms with van der Waals surface area (Å²) in [6.45, 7) is 14.9. The third-order valence-electron chi connectivity index (χ3n) is 3.30. The molecule has 0 N–H and O–H groups in total. The molecule has 0 spiro atoms. The molecule has 0 bridgehead atoms. The van der Waals surface area contributed by atoms with Crippen LogP contribution >= 0.6 is 77.4 Å². The second-order valence-electron chi connectivity index (χ2n) is 9.02. The summed E-state index contributed by atoms with van der Waals surface area (Å²) in [5.74, 6) is 0. The maximum absolute atomic E-state index is 13.4. The number of halogens is 6. The Morgan fingerprint density at radius 1 is 0.500 bits per heavy atom. The molecule has 0 atom stereocenters. The van der Waals surface area contributed by atoms with Gasteiger partial charge in [0, 0.05) is 16.2 Å². The number of hydrogen-bond acceptors (Lipinski definition) is 4. The fraction of sp³-hybridized carbons (Fsp3) is 1.00. The van der Waals surface area contributed by atoms with E-state index in [0.717, 1.165) is 0 Å². The van der Waals surface area contributed by atoms with Crippen molar-refractivity contribution in [2.75, 3.05) is 0 Å². The lowest BCUT2D eigenvalue weighted by Gasteiger charge is -2.42. The average molecular weight is 515 g/mol. The quantitative estimate of drug-likeness (QED) is 0.262. The summed E-state index contributed by atoms with van der Waals surface area (Å²) in [6.07, 6.45) is 0. The van der Waals surface area contributed by atoms with Gasteiger partial charge in [0.05, 0.1) is 0 Å². The van der Waals surface area contributed by atoms with Crippen LogP contribution in [0.25, 0.3) is 0 Å². The summed E-state index contributed by atoms with van der Waals surface area (Å²) in [6, 6.07) is 0. The van der Waals surface area contributed by atoms with Crippen LogP contribution in [0.5, 0.6) is 0 Å². The molecule has 11 heteroatoms. The van der Waals surface area contributed by atoms with Crippen LogP contribution in [0, 0.1) is 16.2 Å². The van der Waals surface area contributed by atoms with E-state index in [1.807, 2.05) is 0 Å². The lowest BCUT2D eigenvalue weighted by molar-refractivity contribution is -0.0155. The molecule has 26 heavy (non-hydrogen) atoms. The lowest BCUT2D eigenvalue weighted by atomic mass is 9.98. The predicted molar refractivity (Wildman–Crippen MR) is 113 cm³/mol. The van der Waals surface area contributed by atoms with Crippen LogP contribution in [0.4, 0.5) is 0 Å². The Morgan fingerprint density at radius 3 is 0.769 bits per heavy atom. The van der Waals surface area contributed by atoms with E-state index in [1.165, 1.54) is 0 Å². The van der Waals surface area contributed by atoms with Crippen LogP contribution in [0.1, 0.15) is 62.3 Å². The van der Waals surface area contributed by atoms with Crippen LogP contribution in [-0.4, -0.2) is 13.6 Å². The molecule has 0 radical (unpaired) electrons. The number of phosphoric acid groups is 1. The van der Waals surface area contributed by atoms with E-state index in [-0.39, 0.29) is 0 Å². The maximum atomic E-state index is 13.4. The SMILES string of the molecule is CC(C)(C)C(Cl)(Cl)OP(=O)(OC(Cl)(Cl)C(C)(C)C)OC(Cl)(Cl)C(C)(C)C. The van der Waals surface area contributed by atoms with Crippen molar-refractivity contribution in [2.24, 2.45) is 16.2 Å². The molecule has 4 nitrogen and oxygen atoms in total. The van der Waals surface area contributed by atoms with Crippen molar-refractivity contribution in [3.05, 3.63) is 0 Å². The second-order valence-corrected chi connectivity index (χ2v) is 14.2. The standard InChI is InChI=1S/C15H27Cl6O4P/c1-10(2,3)13(16,17)23-26(22,24-14(18,19)11(4,5)6)25-15(20,21)12(7,8)9/h1-9H3. The summed E-state index contributed by atoms with van der Waals surface area (Å²) in [5, 5.41) is 0. The van der Waals surface area contributed by atoms with Gasteiger partial charge in [0.2, 0.25) is 13.6 Å². The van der Waals surface area contributed by atoms with Gasteiger partial charge in [0.15, 0.2) is 0 Å². The summed E-state index contributed by atoms with van der Waals surface area (Å²) < 4.78 is 23.5. The first-order chi connectivity index (χ1) is 10.9. The van der Waals surface area contributed by atoms with E-state index in [0.29, 0.717) is 0 Å². The average Bonchev–Trinajstić information content (AvgIpc) is 2.19. The van der Waals surface area contributed by atoms with E-state index >= 15 is 0 Å². The van der Waals surface area contributed by atoms with Crippen molar-refractivity contribution >= 4 is 77.4 Å². The van der Waals surface area contributed by atoms with Gasteiger partial charge >= 0.3 is 7.82 Å². The molecule has 0 aliphatic rings. The fourth-order valence-electron chi connectivity index (χ4n) is 0.888. The Hall–Kier alpha value is 1.85. The van der Waals surface area contributed by atoms with Crippen molar-refractivity contribution < 1.29 is 18.1 Å². The van der Waals surface area contributed by atoms with Crippen molar-refractivity contribution in [3.63, 3.8) is 0 Å². The van der Waals surface area contributed by atoms with Crippen LogP contribution in [0.15, 0.2) is 0 Å². The normalized spacial score (nSPS) is 16.1. The van der Waals surface area contributed by atoms with Crippen LogP contribution < -0.4 is 0 Å². The third kappa shape index (κ3) is 7.27. The molecule has 0 aromatic rings. The van der Waals surface area contributed by atoms with Gasteiger partial charge in [-0.05, 0) is 0 Å². The minimum Gasteiger partial charge on any atom is -0.249 e. The summed E-state index contributed by atoms with van der Waals surface area (Å²) in [4.78, 5) is 0. The number of hydrogen-bond donors (Lipinski definition) is 0. The van der Waals surface area contributed by atoms with Crippen molar-refractivity contribution in [3.8, 4) is 0 Å². The predicted octanol–water partition coefficient (Wildman–Crippen LogP) is 8.68. The molecule has 0 aliphatic heterocycles. The molecule has 0 aromatic carbocycles. The Bertz CT molecular complexity index is 468. The zero-order valence-corrected chi connectivity index (χ0v) is 21.8. The van der Waals surface area contributed by atoms with Gasteiger partial charge in [-0.25, -0.2) is 18.1 Å². The van der Waals surface area contributed by atoms with Gasteiger partial charge in [0.25, 0.3) is 0 Å². The molecular formula is C15H27Cl6O4P. The zero-order valence-electron chi connectivity index (χ0n) is 16.3. The number of phosphoric ester groups is 1. The van der Waals surface area contributed by atoms with Gasteiger partial charge in [-0.1, -0.05) is 132 Å². The fourth-order valence-corrected chi connectivity index (χ4v) is 4.19. The maximum Gasteiger partial charge on any atom is 0.482 e. The first kappa shape index (κ1) is 27.8. The Kier molecular flexibility index (Phi) is 8.76. The molecular weight excluding hydrogens is 488 g/mol. The summed E-state index contributed by atoms with van der Waals surface area (Å²) in [7, 11) is -4.66. The van der Waals surface area contributed by atoms with E-state index in [2.05, 4.69) is 0 Å². The van der Waals surface area contributed by atoms with Gasteiger partial charge in [0.1, 0.15) is 0 Å². The van der Waals surface area contributed by atoms with Gasteiger partial charge < -0.3 is 0 Å². The van der Waals surface area contributed by atoms with Crippen molar-refractivity contribution in [1.29, 1.82) is 0 Å². The molecule has 0 aliphatic carbocycles. The minimum atomic E-state index is -4.66. The Labute approximate surface area is 187 Å². The van der Waals surface area contributed by atoms with Crippen molar-refractivity contribution in [2.45, 2.75) is 75.9 Å². The molecule has 0 fully saturated rings. The molecule has 0 saturated carbocycles. The molecule has 0 aromatic heterocycles. The van der Waals surface area contributed by atoms with E-state index in [4.69, 9.17) is 83.2 Å². The third-order valence-corrected chi connectivity index (χ3v) is 9.30. The van der Waals surface area contributed by atoms with Gasteiger partial charge in [-0.2, -0.15) is 0 Å². The number of alkyl halides is 6. The molecule has 0 heterocycles. The highest BCUT2D eigenvalue weighted by atomic mass is 35.5. The highest BCUT2D eigenvalue weighted by Gasteiger charge is 2.57. The molecule has 0 saturated heterocycles. The Balaban J connectivity index is 6.10. The molecule has 0 amide bonds. The minimum absolute atomic E-state index is 0.884. The van der Waals surface area contributed by atoms with Crippen LogP contribution in [-0.2, 0) is 18.1 Å². The van der Waals surface area contributed by atoms with E-state index in [9.17, 15) is 4.57 Å². The second kappa shape index (κ2) is 8.17. The van der Waals surface area contributed by atoms with Crippen LogP contribution in [0.2, 0.25) is 0 Å².